The number of aromatic nitrogens is 3. The van der Waals surface area contributed by atoms with Crippen LogP contribution in [0.1, 0.15) is 19.1 Å². The molecule has 2 aromatic heterocycles. The summed E-state index contributed by atoms with van der Waals surface area (Å²) in [6.07, 6.45) is 1.99. The van der Waals surface area contributed by atoms with Crippen LogP contribution in [0.25, 0.3) is 22.2 Å². The molecule has 32 heavy (non-hydrogen) atoms. The summed E-state index contributed by atoms with van der Waals surface area (Å²) in [6, 6.07) is 15.8. The molecule has 3 atom stereocenters. The number of rotatable bonds is 4. The van der Waals surface area contributed by atoms with Crippen molar-refractivity contribution in [3.8, 4) is 11.1 Å². The Bertz CT molecular complexity index is 1290. The molecule has 2 fully saturated rings. The zero-order chi connectivity index (χ0) is 21.9. The Morgan fingerprint density at radius 2 is 1.78 bits per heavy atom. The van der Waals surface area contributed by atoms with E-state index in [-0.39, 0.29) is 5.82 Å². The van der Waals surface area contributed by atoms with Gasteiger partial charge in [-0.2, -0.15) is 0 Å². The standard InChI is InChI=1S/C24H21FN4O3/c25-15-6-8-16(9-7-15)28-21-18-17(14-4-2-1-3-5-14)12-29(22(18)27-13-26-21)23-19(30)20(31)24(32-23)10-11-24/h1-9,12-13,19-20,23,30-31H,10-11H2,(H,26,27,28)/t19-,20+,23-/m1/s1. The molecule has 3 heterocycles. The van der Waals surface area contributed by atoms with Crippen molar-refractivity contribution >= 4 is 22.5 Å². The van der Waals surface area contributed by atoms with Crippen molar-refractivity contribution in [3.05, 3.63) is 72.9 Å². The fraction of sp³-hybridized carbons (Fsp3) is 0.250. The second-order valence-corrected chi connectivity index (χ2v) is 8.38. The lowest BCUT2D eigenvalue weighted by Crippen LogP contribution is -2.32. The smallest absolute Gasteiger partial charge is 0.164 e. The van der Waals surface area contributed by atoms with Crippen molar-refractivity contribution in [2.75, 3.05) is 5.32 Å². The highest BCUT2D eigenvalue weighted by Gasteiger charge is 2.62. The molecule has 4 aromatic rings. The Morgan fingerprint density at radius 1 is 1.03 bits per heavy atom. The second kappa shape index (κ2) is 7.09. The van der Waals surface area contributed by atoms with E-state index in [0.717, 1.165) is 29.4 Å². The van der Waals surface area contributed by atoms with Crippen molar-refractivity contribution in [1.29, 1.82) is 0 Å². The van der Waals surface area contributed by atoms with Gasteiger partial charge < -0.3 is 24.8 Å². The molecule has 1 aliphatic carbocycles. The predicted molar refractivity (Wildman–Crippen MR) is 117 cm³/mol. The molecule has 1 aliphatic heterocycles. The number of ether oxygens (including phenoxy) is 1. The monoisotopic (exact) mass is 432 g/mol. The zero-order valence-electron chi connectivity index (χ0n) is 17.0. The number of aliphatic hydroxyl groups is 2. The summed E-state index contributed by atoms with van der Waals surface area (Å²) in [5.41, 5.74) is 2.38. The normalized spacial score (nSPS) is 23.7. The molecule has 2 aliphatic rings. The average molecular weight is 432 g/mol. The Labute approximate surface area is 183 Å². The first kappa shape index (κ1) is 19.4. The molecule has 1 spiro atoms. The largest absolute Gasteiger partial charge is 0.387 e. The summed E-state index contributed by atoms with van der Waals surface area (Å²) in [5, 5.41) is 25.3. The van der Waals surface area contributed by atoms with Crippen LogP contribution in [-0.4, -0.2) is 42.6 Å². The summed E-state index contributed by atoms with van der Waals surface area (Å²) in [5.74, 6) is 0.229. The van der Waals surface area contributed by atoms with Crippen LogP contribution in [0.3, 0.4) is 0 Å². The topological polar surface area (TPSA) is 92.4 Å². The third kappa shape index (κ3) is 2.99. The number of aliphatic hydroxyl groups excluding tert-OH is 2. The van der Waals surface area contributed by atoms with E-state index in [2.05, 4.69) is 15.3 Å². The molecule has 7 nitrogen and oxygen atoms in total. The second-order valence-electron chi connectivity index (χ2n) is 8.38. The molecule has 0 bridgehead atoms. The number of fused-ring (bicyclic) bond motifs is 1. The van der Waals surface area contributed by atoms with Crippen LogP contribution in [0.2, 0.25) is 0 Å². The van der Waals surface area contributed by atoms with Crippen LogP contribution in [0.5, 0.6) is 0 Å². The van der Waals surface area contributed by atoms with Crippen molar-refractivity contribution in [1.82, 2.24) is 14.5 Å². The maximum absolute atomic E-state index is 13.4. The van der Waals surface area contributed by atoms with Crippen LogP contribution in [0, 0.1) is 5.82 Å². The summed E-state index contributed by atoms with van der Waals surface area (Å²) in [7, 11) is 0. The predicted octanol–water partition coefficient (Wildman–Crippen LogP) is 3.76. The Balaban J connectivity index is 1.52. The first-order valence-electron chi connectivity index (χ1n) is 10.5. The molecule has 0 unspecified atom stereocenters. The highest BCUT2D eigenvalue weighted by Crippen LogP contribution is 2.53. The number of benzene rings is 2. The molecule has 2 aromatic carbocycles. The molecule has 1 saturated carbocycles. The number of anilines is 2. The molecule has 3 N–H and O–H groups in total. The van der Waals surface area contributed by atoms with Gasteiger partial charge in [-0.1, -0.05) is 30.3 Å². The van der Waals surface area contributed by atoms with Gasteiger partial charge in [-0.15, -0.1) is 0 Å². The Morgan fingerprint density at radius 3 is 2.47 bits per heavy atom. The van der Waals surface area contributed by atoms with Crippen molar-refractivity contribution in [2.24, 2.45) is 0 Å². The van der Waals surface area contributed by atoms with Gasteiger partial charge in [0.2, 0.25) is 0 Å². The molecule has 8 heteroatoms. The Hall–Kier alpha value is -3.33. The van der Waals surface area contributed by atoms with Gasteiger partial charge >= 0.3 is 0 Å². The lowest BCUT2D eigenvalue weighted by molar-refractivity contribution is -0.0456. The third-order valence-electron chi connectivity index (χ3n) is 6.33. The van der Waals surface area contributed by atoms with Gasteiger partial charge in [0, 0.05) is 17.4 Å². The van der Waals surface area contributed by atoms with E-state index in [4.69, 9.17) is 4.74 Å². The minimum Gasteiger partial charge on any atom is -0.387 e. The average Bonchev–Trinajstić information content (AvgIpc) is 3.44. The minimum absolute atomic E-state index is 0.320. The highest BCUT2D eigenvalue weighted by atomic mass is 19.1. The van der Waals surface area contributed by atoms with E-state index < -0.39 is 24.0 Å². The van der Waals surface area contributed by atoms with Crippen molar-refractivity contribution < 1.29 is 19.3 Å². The lowest BCUT2D eigenvalue weighted by Gasteiger charge is -2.17. The van der Waals surface area contributed by atoms with E-state index in [1.54, 1.807) is 16.7 Å². The maximum Gasteiger partial charge on any atom is 0.164 e. The fourth-order valence-corrected chi connectivity index (χ4v) is 4.49. The molecular weight excluding hydrogens is 411 g/mol. The first-order valence-corrected chi connectivity index (χ1v) is 10.5. The summed E-state index contributed by atoms with van der Waals surface area (Å²) in [4.78, 5) is 8.94. The number of nitrogens with zero attached hydrogens (tertiary/aromatic N) is 3. The highest BCUT2D eigenvalue weighted by molar-refractivity contribution is 6.02. The summed E-state index contributed by atoms with van der Waals surface area (Å²) >= 11 is 0. The number of hydrogen-bond acceptors (Lipinski definition) is 6. The van der Waals surface area contributed by atoms with E-state index in [0.29, 0.717) is 17.2 Å². The molecule has 0 amide bonds. The van der Waals surface area contributed by atoms with Gasteiger partial charge in [-0.25, -0.2) is 14.4 Å². The van der Waals surface area contributed by atoms with Gasteiger partial charge in [-0.3, -0.25) is 0 Å². The van der Waals surface area contributed by atoms with Crippen LogP contribution in [0.4, 0.5) is 15.9 Å². The van der Waals surface area contributed by atoms with E-state index >= 15 is 0 Å². The number of hydrogen-bond donors (Lipinski definition) is 3. The molecule has 0 radical (unpaired) electrons. The lowest BCUT2D eigenvalue weighted by atomic mass is 10.1. The fourth-order valence-electron chi connectivity index (χ4n) is 4.49. The molecule has 162 valence electrons. The van der Waals surface area contributed by atoms with Gasteiger partial charge in [0.1, 0.15) is 35.8 Å². The van der Waals surface area contributed by atoms with Crippen LogP contribution in [0.15, 0.2) is 67.1 Å². The number of nitrogens with one attached hydrogen (secondary N) is 1. The minimum atomic E-state index is -1.07. The molecular formula is C24H21FN4O3. The summed E-state index contributed by atoms with van der Waals surface area (Å²) < 4.78 is 21.3. The van der Waals surface area contributed by atoms with E-state index in [1.165, 1.54) is 18.5 Å². The number of halogens is 1. The molecule has 6 rings (SSSR count). The third-order valence-corrected chi connectivity index (χ3v) is 6.33. The maximum atomic E-state index is 13.4. The van der Waals surface area contributed by atoms with Crippen molar-refractivity contribution in [2.45, 2.75) is 36.9 Å². The van der Waals surface area contributed by atoms with Crippen molar-refractivity contribution in [3.63, 3.8) is 0 Å². The summed E-state index contributed by atoms with van der Waals surface area (Å²) in [6.45, 7) is 0. The van der Waals surface area contributed by atoms with E-state index in [9.17, 15) is 14.6 Å². The van der Waals surface area contributed by atoms with E-state index in [1.807, 2.05) is 36.5 Å². The molecule has 1 saturated heterocycles. The van der Waals surface area contributed by atoms with Crippen LogP contribution >= 0.6 is 0 Å². The first-order chi connectivity index (χ1) is 15.6. The van der Waals surface area contributed by atoms with Gasteiger partial charge in [-0.05, 0) is 42.7 Å². The quantitative estimate of drug-likeness (QED) is 0.455. The van der Waals surface area contributed by atoms with Gasteiger partial charge in [0.15, 0.2) is 6.23 Å². The van der Waals surface area contributed by atoms with Crippen LogP contribution < -0.4 is 5.32 Å². The van der Waals surface area contributed by atoms with Gasteiger partial charge in [0.25, 0.3) is 0 Å². The SMILES string of the molecule is O[C@H]1[C@H](n2cc(-c3ccccc3)c3c(Nc4ccc(F)cc4)ncnc32)OC2(CC2)[C@H]1O. The Kier molecular flexibility index (Phi) is 4.29. The van der Waals surface area contributed by atoms with Crippen LogP contribution in [-0.2, 0) is 4.74 Å². The van der Waals surface area contributed by atoms with Gasteiger partial charge in [0.05, 0.1) is 11.0 Å². The zero-order valence-corrected chi connectivity index (χ0v) is 17.0.